The molecule has 0 spiro atoms. The van der Waals surface area contributed by atoms with E-state index in [9.17, 15) is 8.78 Å². The lowest BCUT2D eigenvalue weighted by atomic mass is 10.0. The predicted molar refractivity (Wildman–Crippen MR) is 51.2 cm³/mol. The minimum absolute atomic E-state index is 0.137. The fraction of sp³-hybridized carbons (Fsp3) is 0.400. The van der Waals surface area contributed by atoms with Crippen LogP contribution in [0.5, 0.6) is 0 Å². The van der Waals surface area contributed by atoms with E-state index in [2.05, 4.69) is 0 Å². The third-order valence-corrected chi connectivity index (χ3v) is 2.96. The summed E-state index contributed by atoms with van der Waals surface area (Å²) in [6, 6.07) is 2.58. The minimum Gasteiger partial charge on any atom is -0.325 e. The number of benzene rings is 1. The van der Waals surface area contributed by atoms with Gasteiger partial charge in [0.2, 0.25) is 0 Å². The molecular weight excluding hydrogens is 208 g/mol. The van der Waals surface area contributed by atoms with Gasteiger partial charge >= 0.3 is 0 Å². The quantitative estimate of drug-likeness (QED) is 0.758. The third kappa shape index (κ3) is 1.74. The lowest BCUT2D eigenvalue weighted by Gasteiger charge is -2.10. The Morgan fingerprint density at radius 1 is 1.36 bits per heavy atom. The summed E-state index contributed by atoms with van der Waals surface area (Å²) in [5, 5.41) is -0.137. The minimum atomic E-state index is -0.978. The van der Waals surface area contributed by atoms with Gasteiger partial charge in [-0.2, -0.15) is 0 Å². The molecule has 0 unspecified atom stereocenters. The summed E-state index contributed by atoms with van der Waals surface area (Å²) in [7, 11) is 0. The average Bonchev–Trinajstić information content (AvgIpc) is 2.86. The van der Waals surface area contributed by atoms with Crippen molar-refractivity contribution in [2.45, 2.75) is 24.8 Å². The van der Waals surface area contributed by atoms with Crippen LogP contribution < -0.4 is 5.73 Å². The second-order valence-corrected chi connectivity index (χ2v) is 4.25. The summed E-state index contributed by atoms with van der Waals surface area (Å²) in [4.78, 5) is 0. The van der Waals surface area contributed by atoms with E-state index in [-0.39, 0.29) is 10.6 Å². The van der Waals surface area contributed by atoms with E-state index < -0.39 is 11.6 Å². The van der Waals surface area contributed by atoms with Crippen LogP contribution in [-0.4, -0.2) is 5.54 Å². The zero-order valence-corrected chi connectivity index (χ0v) is 8.24. The van der Waals surface area contributed by atoms with Crippen molar-refractivity contribution in [2.24, 2.45) is 5.73 Å². The van der Waals surface area contributed by atoms with Gasteiger partial charge in [0.25, 0.3) is 0 Å². The Labute approximate surface area is 85.9 Å². The lowest BCUT2D eigenvalue weighted by molar-refractivity contribution is 0.506. The third-order valence-electron chi connectivity index (χ3n) is 2.55. The molecule has 1 fully saturated rings. The molecule has 76 valence electrons. The molecule has 4 heteroatoms. The van der Waals surface area contributed by atoms with Crippen molar-refractivity contribution in [3.8, 4) is 0 Å². The van der Waals surface area contributed by atoms with Crippen molar-refractivity contribution in [3.05, 3.63) is 34.4 Å². The Hall–Kier alpha value is -0.670. The molecule has 1 aromatic rings. The molecule has 1 nitrogen and oxygen atoms in total. The first kappa shape index (κ1) is 9.87. The molecule has 0 amide bonds. The predicted octanol–water partition coefficient (Wildman–Crippen LogP) is 2.65. The van der Waals surface area contributed by atoms with Crippen molar-refractivity contribution in [2.75, 3.05) is 0 Å². The van der Waals surface area contributed by atoms with Crippen LogP contribution in [0.3, 0.4) is 0 Å². The van der Waals surface area contributed by atoms with Crippen LogP contribution >= 0.6 is 11.6 Å². The van der Waals surface area contributed by atoms with Crippen LogP contribution in [0.4, 0.5) is 8.78 Å². The Morgan fingerprint density at radius 3 is 2.57 bits per heavy atom. The molecule has 14 heavy (non-hydrogen) atoms. The van der Waals surface area contributed by atoms with E-state index in [1.165, 1.54) is 6.07 Å². The molecule has 2 rings (SSSR count). The van der Waals surface area contributed by atoms with E-state index in [1.54, 1.807) is 0 Å². The molecule has 1 aliphatic carbocycles. The van der Waals surface area contributed by atoms with Gasteiger partial charge in [0.15, 0.2) is 11.6 Å². The van der Waals surface area contributed by atoms with E-state index >= 15 is 0 Å². The van der Waals surface area contributed by atoms with Gasteiger partial charge in [-0.05, 0) is 30.9 Å². The summed E-state index contributed by atoms with van der Waals surface area (Å²) < 4.78 is 25.8. The van der Waals surface area contributed by atoms with Crippen molar-refractivity contribution in [1.29, 1.82) is 0 Å². The summed E-state index contributed by atoms with van der Waals surface area (Å²) in [6.07, 6.45) is 2.35. The number of halogens is 3. The van der Waals surface area contributed by atoms with E-state index in [0.717, 1.165) is 18.9 Å². The van der Waals surface area contributed by atoms with Crippen LogP contribution in [-0.2, 0) is 6.42 Å². The fourth-order valence-corrected chi connectivity index (χ4v) is 1.64. The number of rotatable bonds is 2. The molecule has 2 N–H and O–H groups in total. The largest absolute Gasteiger partial charge is 0.325 e. The van der Waals surface area contributed by atoms with Crippen molar-refractivity contribution >= 4 is 11.6 Å². The van der Waals surface area contributed by atoms with Crippen molar-refractivity contribution < 1.29 is 8.78 Å². The standard InChI is InChI=1S/C10H10ClF2N/c11-8-6(5-10(14)3-4-10)1-2-7(12)9(8)13/h1-2H,3-5,14H2. The number of hydrogen-bond donors (Lipinski definition) is 1. The number of hydrogen-bond acceptors (Lipinski definition) is 1. The zero-order chi connectivity index (χ0) is 10.3. The van der Waals surface area contributed by atoms with Gasteiger partial charge < -0.3 is 5.73 Å². The maximum absolute atomic E-state index is 13.0. The molecule has 0 bridgehead atoms. The molecule has 0 heterocycles. The topological polar surface area (TPSA) is 26.0 Å². The monoisotopic (exact) mass is 217 g/mol. The van der Waals surface area contributed by atoms with Gasteiger partial charge in [0.05, 0.1) is 5.02 Å². The Morgan fingerprint density at radius 2 is 2.00 bits per heavy atom. The number of nitrogens with two attached hydrogens (primary N) is 1. The average molecular weight is 218 g/mol. The van der Waals surface area contributed by atoms with E-state index in [1.807, 2.05) is 0 Å². The van der Waals surface area contributed by atoms with E-state index in [4.69, 9.17) is 17.3 Å². The Kier molecular flexibility index (Phi) is 2.24. The van der Waals surface area contributed by atoms with Gasteiger partial charge in [-0.1, -0.05) is 17.7 Å². The highest BCUT2D eigenvalue weighted by molar-refractivity contribution is 6.31. The summed E-state index contributed by atoms with van der Waals surface area (Å²) in [5.74, 6) is -1.89. The lowest BCUT2D eigenvalue weighted by Crippen LogP contribution is -2.24. The maximum Gasteiger partial charge on any atom is 0.177 e. The summed E-state index contributed by atoms with van der Waals surface area (Å²) in [6.45, 7) is 0. The second-order valence-electron chi connectivity index (χ2n) is 3.87. The fourth-order valence-electron chi connectivity index (χ4n) is 1.42. The van der Waals surface area contributed by atoms with Gasteiger partial charge in [-0.15, -0.1) is 0 Å². The molecule has 0 saturated heterocycles. The van der Waals surface area contributed by atoms with Gasteiger partial charge in [0, 0.05) is 5.54 Å². The van der Waals surface area contributed by atoms with Gasteiger partial charge in [-0.25, -0.2) is 8.78 Å². The zero-order valence-electron chi connectivity index (χ0n) is 7.49. The molecule has 0 atom stereocenters. The maximum atomic E-state index is 13.0. The van der Waals surface area contributed by atoms with Crippen molar-refractivity contribution in [3.63, 3.8) is 0 Å². The van der Waals surface area contributed by atoms with Crippen LogP contribution in [0.2, 0.25) is 5.02 Å². The molecule has 0 aliphatic heterocycles. The van der Waals surface area contributed by atoms with Crippen LogP contribution in [0.25, 0.3) is 0 Å². The van der Waals surface area contributed by atoms with Crippen LogP contribution in [0, 0.1) is 11.6 Å². The molecule has 1 saturated carbocycles. The highest BCUT2D eigenvalue weighted by atomic mass is 35.5. The SMILES string of the molecule is NC1(Cc2ccc(F)c(F)c2Cl)CC1. The van der Waals surface area contributed by atoms with Crippen LogP contribution in [0.1, 0.15) is 18.4 Å². The Balaban J connectivity index is 2.30. The molecule has 1 aromatic carbocycles. The first-order valence-corrected chi connectivity index (χ1v) is 4.81. The van der Waals surface area contributed by atoms with Crippen molar-refractivity contribution in [1.82, 2.24) is 0 Å². The summed E-state index contributed by atoms with van der Waals surface area (Å²) >= 11 is 5.66. The van der Waals surface area contributed by atoms with Crippen LogP contribution in [0.15, 0.2) is 12.1 Å². The van der Waals surface area contributed by atoms with Gasteiger partial charge in [-0.3, -0.25) is 0 Å². The molecule has 0 radical (unpaired) electrons. The highest BCUT2D eigenvalue weighted by Gasteiger charge is 2.38. The normalized spacial score (nSPS) is 18.3. The van der Waals surface area contributed by atoms with E-state index in [0.29, 0.717) is 12.0 Å². The smallest absolute Gasteiger partial charge is 0.177 e. The first-order chi connectivity index (χ1) is 6.52. The van der Waals surface area contributed by atoms with Gasteiger partial charge in [0.1, 0.15) is 0 Å². The molecular formula is C10H10ClF2N. The Bertz CT molecular complexity index is 375. The summed E-state index contributed by atoms with van der Waals surface area (Å²) in [5.41, 5.74) is 6.21. The first-order valence-electron chi connectivity index (χ1n) is 4.43. The molecule has 0 aromatic heterocycles. The second kappa shape index (κ2) is 3.17. The highest BCUT2D eigenvalue weighted by Crippen LogP contribution is 2.37. The molecule has 1 aliphatic rings.